The Morgan fingerprint density at radius 3 is 2.67 bits per heavy atom. The van der Waals surface area contributed by atoms with Crippen molar-refractivity contribution in [3.05, 3.63) is 29.8 Å². The lowest BCUT2D eigenvalue weighted by Gasteiger charge is -2.42. The van der Waals surface area contributed by atoms with Gasteiger partial charge in [0.05, 0.1) is 11.5 Å². The minimum atomic E-state index is -3.59. The highest BCUT2D eigenvalue weighted by Gasteiger charge is 2.52. The zero-order valence-corrected chi connectivity index (χ0v) is 14.9. The number of aliphatic hydroxyl groups is 1. The number of likely N-dealkylation sites (tertiary alicyclic amines) is 1. The summed E-state index contributed by atoms with van der Waals surface area (Å²) in [5.74, 6) is 0.0541. The van der Waals surface area contributed by atoms with E-state index >= 15 is 0 Å². The van der Waals surface area contributed by atoms with Crippen LogP contribution in [0.4, 0.5) is 0 Å². The molecular formula is C17H24N2O4S. The number of hydrogen-bond acceptors (Lipinski definition) is 4. The number of carbonyl (C=O) groups excluding carboxylic acids is 1. The Morgan fingerprint density at radius 2 is 2.04 bits per heavy atom. The zero-order chi connectivity index (χ0) is 17.5. The largest absolute Gasteiger partial charge is 0.396 e. The summed E-state index contributed by atoms with van der Waals surface area (Å²) in [7, 11) is -3.59. The third-order valence-electron chi connectivity index (χ3n) is 5.51. The van der Waals surface area contributed by atoms with Gasteiger partial charge in [0.15, 0.2) is 0 Å². The maximum Gasteiger partial charge on any atom is 0.243 e. The molecule has 0 bridgehead atoms. The smallest absolute Gasteiger partial charge is 0.243 e. The summed E-state index contributed by atoms with van der Waals surface area (Å²) in [6.07, 6.45) is 0.722. The van der Waals surface area contributed by atoms with E-state index in [9.17, 15) is 18.3 Å². The summed E-state index contributed by atoms with van der Waals surface area (Å²) >= 11 is 0. The molecule has 2 aliphatic rings. The van der Waals surface area contributed by atoms with Crippen LogP contribution in [0.15, 0.2) is 29.2 Å². The summed E-state index contributed by atoms with van der Waals surface area (Å²) in [5, 5.41) is 10.0. The van der Waals surface area contributed by atoms with E-state index in [-0.39, 0.29) is 25.0 Å². The van der Waals surface area contributed by atoms with E-state index < -0.39 is 15.4 Å². The highest BCUT2D eigenvalue weighted by atomic mass is 32.2. The molecule has 1 aromatic rings. The van der Waals surface area contributed by atoms with Gasteiger partial charge in [0.1, 0.15) is 0 Å². The van der Waals surface area contributed by atoms with Crippen LogP contribution in [0.25, 0.3) is 0 Å². The molecule has 0 aliphatic carbocycles. The Morgan fingerprint density at radius 1 is 1.33 bits per heavy atom. The van der Waals surface area contributed by atoms with Gasteiger partial charge in [-0.1, -0.05) is 18.2 Å². The molecule has 2 atom stereocenters. The highest BCUT2D eigenvalue weighted by Crippen LogP contribution is 2.43. The molecule has 3 rings (SSSR count). The lowest BCUT2D eigenvalue weighted by molar-refractivity contribution is -0.134. The van der Waals surface area contributed by atoms with Crippen LogP contribution >= 0.6 is 0 Å². The predicted molar refractivity (Wildman–Crippen MR) is 89.8 cm³/mol. The van der Waals surface area contributed by atoms with Crippen molar-refractivity contribution in [2.75, 3.05) is 32.8 Å². The molecule has 24 heavy (non-hydrogen) atoms. The van der Waals surface area contributed by atoms with Crippen LogP contribution in [0.5, 0.6) is 0 Å². The number of nitrogens with zero attached hydrogens (tertiary/aromatic N) is 2. The van der Waals surface area contributed by atoms with Crippen molar-refractivity contribution >= 4 is 15.9 Å². The molecule has 132 valence electrons. The first-order valence-corrected chi connectivity index (χ1v) is 9.66. The Labute approximate surface area is 143 Å². The van der Waals surface area contributed by atoms with E-state index in [2.05, 4.69) is 0 Å². The first-order valence-electron chi connectivity index (χ1n) is 8.22. The van der Waals surface area contributed by atoms with E-state index in [1.165, 1.54) is 11.2 Å². The van der Waals surface area contributed by atoms with Crippen LogP contribution in [0, 0.1) is 18.3 Å². The van der Waals surface area contributed by atoms with Gasteiger partial charge in [-0.2, -0.15) is 4.31 Å². The van der Waals surface area contributed by atoms with Crippen molar-refractivity contribution in [2.24, 2.45) is 11.3 Å². The topological polar surface area (TPSA) is 77.9 Å². The third-order valence-corrected chi connectivity index (χ3v) is 7.48. The Bertz CT molecular complexity index is 749. The van der Waals surface area contributed by atoms with E-state index in [1.54, 1.807) is 30.0 Å². The van der Waals surface area contributed by atoms with Crippen LogP contribution < -0.4 is 0 Å². The van der Waals surface area contributed by atoms with Crippen molar-refractivity contribution in [1.82, 2.24) is 9.21 Å². The fraction of sp³-hybridized carbons (Fsp3) is 0.588. The summed E-state index contributed by atoms with van der Waals surface area (Å²) in [4.78, 5) is 13.7. The van der Waals surface area contributed by atoms with Gasteiger partial charge in [0.2, 0.25) is 15.9 Å². The van der Waals surface area contributed by atoms with Crippen molar-refractivity contribution in [2.45, 2.75) is 25.2 Å². The summed E-state index contributed by atoms with van der Waals surface area (Å²) in [6.45, 7) is 4.90. The number of piperidine rings is 1. The van der Waals surface area contributed by atoms with Gasteiger partial charge >= 0.3 is 0 Å². The van der Waals surface area contributed by atoms with Crippen LogP contribution in [-0.2, 0) is 14.8 Å². The molecule has 2 heterocycles. The average Bonchev–Trinajstić information content (AvgIpc) is 2.95. The molecule has 0 saturated carbocycles. The Hall–Kier alpha value is -1.44. The molecule has 0 radical (unpaired) electrons. The number of carbonyl (C=O) groups is 1. The monoisotopic (exact) mass is 352 g/mol. The van der Waals surface area contributed by atoms with Crippen molar-refractivity contribution < 1.29 is 18.3 Å². The number of benzene rings is 1. The molecule has 1 aromatic carbocycles. The Kier molecular flexibility index (Phi) is 4.44. The number of amides is 1. The van der Waals surface area contributed by atoms with Gasteiger partial charge in [-0.25, -0.2) is 8.42 Å². The summed E-state index contributed by atoms with van der Waals surface area (Å²) in [5.41, 5.74) is 0.162. The van der Waals surface area contributed by atoms with Gasteiger partial charge in [0.25, 0.3) is 0 Å². The van der Waals surface area contributed by atoms with Crippen LogP contribution in [0.1, 0.15) is 18.9 Å². The second-order valence-electron chi connectivity index (χ2n) is 7.01. The van der Waals surface area contributed by atoms with Crippen LogP contribution in [-0.4, -0.2) is 61.4 Å². The summed E-state index contributed by atoms with van der Waals surface area (Å²) < 4.78 is 27.6. The maximum absolute atomic E-state index is 13.0. The second-order valence-corrected chi connectivity index (χ2v) is 8.92. The fourth-order valence-corrected chi connectivity index (χ4v) is 5.80. The standard InChI is InChI=1S/C17H24N2O4S/c1-13-5-3-4-6-16(13)24(22,23)19-9-15-7-8-18(14(2)21)10-17(15,11-19)12-20/h3-6,15,20H,7-12H2,1-2H3/t15-,17+/m0/s1. The van der Waals surface area contributed by atoms with Gasteiger partial charge < -0.3 is 10.0 Å². The van der Waals surface area contributed by atoms with Gasteiger partial charge in [0, 0.05) is 38.5 Å². The lowest BCUT2D eigenvalue weighted by Crippen LogP contribution is -2.52. The molecule has 2 aliphatic heterocycles. The van der Waals surface area contributed by atoms with Crippen molar-refractivity contribution in [3.63, 3.8) is 0 Å². The first kappa shape index (κ1) is 17.4. The normalized spacial score (nSPS) is 28.0. The molecule has 2 fully saturated rings. The molecule has 0 spiro atoms. The van der Waals surface area contributed by atoms with Crippen LogP contribution in [0.3, 0.4) is 0 Å². The number of rotatable bonds is 3. The quantitative estimate of drug-likeness (QED) is 0.875. The molecule has 7 heteroatoms. The number of aliphatic hydroxyl groups excluding tert-OH is 1. The van der Waals surface area contributed by atoms with E-state index in [1.807, 2.05) is 6.07 Å². The fourth-order valence-electron chi connectivity index (χ4n) is 4.00. The minimum Gasteiger partial charge on any atom is -0.396 e. The van der Waals surface area contributed by atoms with Crippen molar-refractivity contribution in [1.29, 1.82) is 0 Å². The molecule has 2 saturated heterocycles. The second kappa shape index (κ2) is 6.13. The third kappa shape index (κ3) is 2.74. The van der Waals surface area contributed by atoms with E-state index in [0.29, 0.717) is 24.5 Å². The molecule has 6 nitrogen and oxygen atoms in total. The van der Waals surface area contributed by atoms with Gasteiger partial charge in [-0.05, 0) is 30.9 Å². The number of sulfonamides is 1. The highest BCUT2D eigenvalue weighted by molar-refractivity contribution is 7.89. The minimum absolute atomic E-state index is 0.0264. The number of fused-ring (bicyclic) bond motifs is 1. The molecule has 0 unspecified atom stereocenters. The van der Waals surface area contributed by atoms with Crippen molar-refractivity contribution in [3.8, 4) is 0 Å². The van der Waals surface area contributed by atoms with Crippen LogP contribution in [0.2, 0.25) is 0 Å². The molecule has 1 amide bonds. The number of hydrogen-bond donors (Lipinski definition) is 1. The summed E-state index contributed by atoms with van der Waals surface area (Å²) in [6, 6.07) is 6.95. The maximum atomic E-state index is 13.0. The van der Waals surface area contributed by atoms with E-state index in [4.69, 9.17) is 0 Å². The first-order chi connectivity index (χ1) is 11.3. The predicted octanol–water partition coefficient (Wildman–Crippen LogP) is 0.846. The SMILES string of the molecule is CC(=O)N1CC[C@H]2CN(S(=O)(=O)c3ccccc3C)C[C@@]2(CO)C1. The molecular weight excluding hydrogens is 328 g/mol. The lowest BCUT2D eigenvalue weighted by atomic mass is 9.74. The zero-order valence-electron chi connectivity index (χ0n) is 14.1. The van der Waals surface area contributed by atoms with E-state index in [0.717, 1.165) is 12.0 Å². The molecule has 0 aromatic heterocycles. The number of aryl methyl sites for hydroxylation is 1. The van der Waals surface area contributed by atoms with Gasteiger partial charge in [-0.3, -0.25) is 4.79 Å². The molecule has 1 N–H and O–H groups in total. The Balaban J connectivity index is 1.91. The average molecular weight is 352 g/mol. The van der Waals surface area contributed by atoms with Gasteiger partial charge in [-0.15, -0.1) is 0 Å².